The Bertz CT molecular complexity index is 1120. The lowest BCUT2D eigenvalue weighted by Crippen LogP contribution is -2.21. The van der Waals surface area contributed by atoms with E-state index in [1.807, 2.05) is 36.3 Å². The number of ether oxygens (including phenoxy) is 1. The zero-order valence-electron chi connectivity index (χ0n) is 23.3. The molecular formula is C31H44N4O. The molecule has 2 aromatic rings. The Morgan fingerprint density at radius 1 is 1.08 bits per heavy atom. The molecule has 194 valence electrons. The number of aromatic nitrogens is 2. The van der Waals surface area contributed by atoms with Gasteiger partial charge in [-0.1, -0.05) is 69.6 Å². The van der Waals surface area contributed by atoms with Gasteiger partial charge in [0, 0.05) is 23.4 Å². The maximum Gasteiger partial charge on any atom is 0.133 e. The molecule has 0 saturated carbocycles. The van der Waals surface area contributed by atoms with Crippen molar-refractivity contribution in [1.82, 2.24) is 15.1 Å². The first-order chi connectivity index (χ1) is 17.4. The van der Waals surface area contributed by atoms with Crippen molar-refractivity contribution in [3.8, 4) is 11.4 Å². The summed E-state index contributed by atoms with van der Waals surface area (Å²) in [6.45, 7) is 13.4. The van der Waals surface area contributed by atoms with Crippen molar-refractivity contribution in [3.63, 3.8) is 0 Å². The largest absolute Gasteiger partial charge is 0.496 e. The topological polar surface area (TPSA) is 51.4 Å². The summed E-state index contributed by atoms with van der Waals surface area (Å²) in [5.74, 6) is 1.63. The number of benzene rings is 1. The van der Waals surface area contributed by atoms with E-state index in [2.05, 4.69) is 81.5 Å². The van der Waals surface area contributed by atoms with Crippen LogP contribution in [0.3, 0.4) is 0 Å². The van der Waals surface area contributed by atoms with E-state index in [0.717, 1.165) is 66.1 Å². The summed E-state index contributed by atoms with van der Waals surface area (Å²) in [6, 6.07) is 4.15. The average molecular weight is 489 g/mol. The normalized spacial score (nSPS) is 13.2. The van der Waals surface area contributed by atoms with Crippen molar-refractivity contribution in [3.05, 3.63) is 88.9 Å². The lowest BCUT2D eigenvalue weighted by atomic mass is 10.0. The number of amidine groups is 1. The molecule has 0 amide bonds. The summed E-state index contributed by atoms with van der Waals surface area (Å²) in [5.41, 5.74) is 6.56. The molecule has 0 radical (unpaired) electrons. The Morgan fingerprint density at radius 2 is 1.86 bits per heavy atom. The van der Waals surface area contributed by atoms with Crippen LogP contribution in [0.1, 0.15) is 76.5 Å². The number of aliphatic imine (C=N–C) groups is 1. The van der Waals surface area contributed by atoms with E-state index in [1.165, 1.54) is 11.1 Å². The van der Waals surface area contributed by atoms with Gasteiger partial charge in [-0.05, 0) is 63.4 Å². The van der Waals surface area contributed by atoms with E-state index in [-0.39, 0.29) is 0 Å². The van der Waals surface area contributed by atoms with E-state index < -0.39 is 0 Å². The minimum absolute atomic E-state index is 0.586. The molecule has 5 heteroatoms. The number of hydrogen-bond acceptors (Lipinski definition) is 3. The number of methoxy groups -OCH3 is 1. The summed E-state index contributed by atoms with van der Waals surface area (Å²) in [7, 11) is 1.71. The van der Waals surface area contributed by atoms with Crippen LogP contribution in [0.5, 0.6) is 5.75 Å². The molecule has 1 aromatic heterocycles. The lowest BCUT2D eigenvalue weighted by Gasteiger charge is -2.16. The summed E-state index contributed by atoms with van der Waals surface area (Å²) >= 11 is 0. The van der Waals surface area contributed by atoms with E-state index in [1.54, 1.807) is 7.11 Å². The maximum atomic E-state index is 5.74. The fourth-order valence-corrected chi connectivity index (χ4v) is 3.71. The zero-order valence-corrected chi connectivity index (χ0v) is 23.3. The third-order valence-corrected chi connectivity index (χ3v) is 5.79. The first-order valence-corrected chi connectivity index (χ1v) is 13.1. The average Bonchev–Trinajstić information content (AvgIpc) is 3.32. The highest BCUT2D eigenvalue weighted by atomic mass is 16.5. The van der Waals surface area contributed by atoms with Crippen LogP contribution in [0.15, 0.2) is 77.2 Å². The second-order valence-electron chi connectivity index (χ2n) is 9.04. The standard InChI is InChI=1S/C31H44N4O/c1-8-11-13-18-32-31(33-22-27(14-10-3)17-16-24(4)15-12-9-2)29-19-28(20-30(36-7)26(29)6)35-23-25(5)21-34-35/h13-21,23H,8-12,22H2,1-7H3,(H,32,33)/b17-16-,18-13+,24-15+,27-14-. The van der Waals surface area contributed by atoms with Gasteiger partial charge in [0.2, 0.25) is 0 Å². The van der Waals surface area contributed by atoms with Gasteiger partial charge in [-0.25, -0.2) is 4.68 Å². The van der Waals surface area contributed by atoms with Crippen LogP contribution in [0.2, 0.25) is 0 Å². The number of nitrogens with zero attached hydrogens (tertiary/aromatic N) is 3. The SMILES string of the molecule is CC/C=C(/C=C\C(C)=C\CCC)CN=C(N/C=C/CCC)c1cc(-n2cc(C)cn2)cc(OC)c1C. The minimum Gasteiger partial charge on any atom is -0.496 e. The third kappa shape index (κ3) is 9.03. The zero-order chi connectivity index (χ0) is 26.3. The van der Waals surface area contributed by atoms with Crippen molar-refractivity contribution >= 4 is 5.84 Å². The van der Waals surface area contributed by atoms with Crippen molar-refractivity contribution < 1.29 is 4.74 Å². The van der Waals surface area contributed by atoms with Crippen molar-refractivity contribution in [1.29, 1.82) is 0 Å². The van der Waals surface area contributed by atoms with Gasteiger partial charge in [-0.3, -0.25) is 4.99 Å². The van der Waals surface area contributed by atoms with Crippen LogP contribution in [0.4, 0.5) is 0 Å². The molecular weight excluding hydrogens is 444 g/mol. The molecule has 1 N–H and O–H groups in total. The van der Waals surface area contributed by atoms with Crippen molar-refractivity contribution in [2.24, 2.45) is 4.99 Å². The molecule has 0 aliphatic heterocycles. The molecule has 5 nitrogen and oxygen atoms in total. The molecule has 0 saturated heterocycles. The van der Waals surface area contributed by atoms with E-state index in [4.69, 9.17) is 9.73 Å². The Hall–Kier alpha value is -3.34. The van der Waals surface area contributed by atoms with E-state index in [9.17, 15) is 0 Å². The summed E-state index contributed by atoms with van der Waals surface area (Å²) in [4.78, 5) is 5.06. The molecule has 0 aliphatic carbocycles. The van der Waals surface area contributed by atoms with Gasteiger partial charge in [-0.2, -0.15) is 5.10 Å². The van der Waals surface area contributed by atoms with Gasteiger partial charge in [-0.15, -0.1) is 0 Å². The van der Waals surface area contributed by atoms with Crippen molar-refractivity contribution in [2.75, 3.05) is 13.7 Å². The minimum atomic E-state index is 0.586. The van der Waals surface area contributed by atoms with Gasteiger partial charge in [0.15, 0.2) is 0 Å². The Kier molecular flexibility index (Phi) is 12.5. The van der Waals surface area contributed by atoms with Crippen LogP contribution < -0.4 is 10.1 Å². The number of unbranched alkanes of at least 4 members (excludes halogenated alkanes) is 2. The van der Waals surface area contributed by atoms with Crippen LogP contribution in [-0.4, -0.2) is 29.3 Å². The molecule has 0 aliphatic rings. The van der Waals surface area contributed by atoms with Crippen LogP contribution >= 0.6 is 0 Å². The molecule has 1 heterocycles. The first-order valence-electron chi connectivity index (χ1n) is 13.1. The molecule has 0 bridgehead atoms. The second kappa shape index (κ2) is 15.6. The van der Waals surface area contributed by atoms with E-state index >= 15 is 0 Å². The number of allylic oxidation sites excluding steroid dienone is 5. The third-order valence-electron chi connectivity index (χ3n) is 5.79. The Balaban J connectivity index is 2.49. The number of nitrogens with one attached hydrogen (secondary N) is 1. The predicted octanol–water partition coefficient (Wildman–Crippen LogP) is 7.79. The van der Waals surface area contributed by atoms with Gasteiger partial charge in [0.25, 0.3) is 0 Å². The number of rotatable bonds is 13. The molecule has 0 atom stereocenters. The molecule has 1 aromatic carbocycles. The quantitative estimate of drug-likeness (QED) is 0.178. The highest BCUT2D eigenvalue weighted by Crippen LogP contribution is 2.26. The van der Waals surface area contributed by atoms with Gasteiger partial charge < -0.3 is 10.1 Å². The number of hydrogen-bond donors (Lipinski definition) is 1. The molecule has 36 heavy (non-hydrogen) atoms. The second-order valence-corrected chi connectivity index (χ2v) is 9.04. The fraction of sp³-hybridized carbons (Fsp3) is 0.419. The molecule has 2 rings (SSSR count). The lowest BCUT2D eigenvalue weighted by molar-refractivity contribution is 0.411. The van der Waals surface area contributed by atoms with Crippen molar-refractivity contribution in [2.45, 2.75) is 73.6 Å². The monoisotopic (exact) mass is 488 g/mol. The summed E-state index contributed by atoms with van der Waals surface area (Å²) in [6.07, 6.45) is 22.3. The fourth-order valence-electron chi connectivity index (χ4n) is 3.71. The molecule has 0 spiro atoms. The van der Waals surface area contributed by atoms with Crippen LogP contribution in [-0.2, 0) is 0 Å². The van der Waals surface area contributed by atoms with Crippen LogP contribution in [0.25, 0.3) is 5.69 Å². The predicted molar refractivity (Wildman–Crippen MR) is 154 cm³/mol. The van der Waals surface area contributed by atoms with Gasteiger partial charge >= 0.3 is 0 Å². The van der Waals surface area contributed by atoms with Gasteiger partial charge in [0.05, 0.1) is 25.5 Å². The molecule has 0 fully saturated rings. The highest BCUT2D eigenvalue weighted by Gasteiger charge is 2.14. The summed E-state index contributed by atoms with van der Waals surface area (Å²) in [5, 5.41) is 7.96. The molecule has 0 unspecified atom stereocenters. The van der Waals surface area contributed by atoms with E-state index in [0.29, 0.717) is 6.54 Å². The maximum absolute atomic E-state index is 5.74. The van der Waals surface area contributed by atoms with Gasteiger partial charge in [0.1, 0.15) is 11.6 Å². The highest BCUT2D eigenvalue weighted by molar-refractivity contribution is 6.01. The van der Waals surface area contributed by atoms with Crippen LogP contribution in [0, 0.1) is 13.8 Å². The smallest absolute Gasteiger partial charge is 0.133 e. The Labute approximate surface area is 218 Å². The first kappa shape index (κ1) is 28.9. The summed E-state index contributed by atoms with van der Waals surface area (Å²) < 4.78 is 7.62. The number of aryl methyl sites for hydroxylation is 1. The Morgan fingerprint density at radius 3 is 2.50 bits per heavy atom.